The summed E-state index contributed by atoms with van der Waals surface area (Å²) in [4.78, 5) is 11.5. The van der Waals surface area contributed by atoms with Gasteiger partial charge < -0.3 is 9.88 Å². The zero-order valence-corrected chi connectivity index (χ0v) is 9.86. The molecule has 1 N–H and O–H groups in total. The van der Waals surface area contributed by atoms with Gasteiger partial charge in [-0.3, -0.25) is 4.79 Å². The molecule has 0 aliphatic carbocycles. The van der Waals surface area contributed by atoms with Crippen molar-refractivity contribution in [1.29, 1.82) is 0 Å². The summed E-state index contributed by atoms with van der Waals surface area (Å²) in [7, 11) is 0. The number of nitrogens with zero attached hydrogens (tertiary/aromatic N) is 3. The van der Waals surface area contributed by atoms with Crippen molar-refractivity contribution in [2.75, 3.05) is 0 Å². The lowest BCUT2D eigenvalue weighted by Gasteiger charge is -2.07. The summed E-state index contributed by atoms with van der Waals surface area (Å²) < 4.78 is 2.11. The van der Waals surface area contributed by atoms with Gasteiger partial charge in [-0.25, -0.2) is 0 Å². The minimum absolute atomic E-state index is 0.0883. The van der Waals surface area contributed by atoms with Gasteiger partial charge in [0.15, 0.2) is 5.82 Å². The summed E-state index contributed by atoms with van der Waals surface area (Å²) >= 11 is 0. The van der Waals surface area contributed by atoms with E-state index in [1.54, 1.807) is 0 Å². The molecule has 0 atom stereocenters. The van der Waals surface area contributed by atoms with Crippen LogP contribution < -0.4 is 5.32 Å². The Hall–Kier alpha value is -1.39. The first kappa shape index (κ1) is 11.1. The zero-order valence-electron chi connectivity index (χ0n) is 9.86. The Morgan fingerprint density at radius 1 is 1.50 bits per heavy atom. The fourth-order valence-electron chi connectivity index (χ4n) is 1.96. The first-order chi connectivity index (χ1) is 7.66. The Balaban J connectivity index is 1.88. The molecule has 16 heavy (non-hydrogen) atoms. The molecule has 0 fully saturated rings. The Bertz CT molecular complexity index is 383. The second-order valence-corrected chi connectivity index (χ2v) is 4.66. The van der Waals surface area contributed by atoms with Gasteiger partial charge in [0.2, 0.25) is 5.91 Å². The molecule has 2 rings (SSSR count). The summed E-state index contributed by atoms with van der Waals surface area (Å²) in [5.74, 6) is 2.41. The summed E-state index contributed by atoms with van der Waals surface area (Å²) in [6.07, 6.45) is 2.71. The van der Waals surface area contributed by atoms with Crippen LogP contribution in [0.15, 0.2) is 0 Å². The summed E-state index contributed by atoms with van der Waals surface area (Å²) in [5.41, 5.74) is 0. The number of rotatable bonds is 4. The van der Waals surface area contributed by atoms with Crippen molar-refractivity contribution in [2.24, 2.45) is 5.92 Å². The van der Waals surface area contributed by atoms with Crippen LogP contribution in [0.5, 0.6) is 0 Å². The van der Waals surface area contributed by atoms with Crippen LogP contribution in [0.1, 0.15) is 38.3 Å². The molecule has 1 aromatic rings. The minimum Gasteiger partial charge on any atom is -0.349 e. The average molecular weight is 222 g/mol. The van der Waals surface area contributed by atoms with Crippen LogP contribution in [0, 0.1) is 5.92 Å². The standard InChI is InChI=1S/C11H18N4O/c1-8(2)6-11(16)12-7-10-14-13-9-4-3-5-15(9)10/h8H,3-7H2,1-2H3,(H,12,16). The van der Waals surface area contributed by atoms with E-state index in [-0.39, 0.29) is 5.91 Å². The molecule has 0 spiro atoms. The molecule has 1 aromatic heterocycles. The molecule has 0 saturated heterocycles. The molecule has 0 radical (unpaired) electrons. The third kappa shape index (κ3) is 2.40. The quantitative estimate of drug-likeness (QED) is 0.823. The molecular formula is C11H18N4O. The second-order valence-electron chi connectivity index (χ2n) is 4.66. The SMILES string of the molecule is CC(C)CC(=O)NCc1nnc2n1CCC2. The number of fused-ring (bicyclic) bond motifs is 1. The van der Waals surface area contributed by atoms with Gasteiger partial charge in [-0.15, -0.1) is 10.2 Å². The summed E-state index contributed by atoms with van der Waals surface area (Å²) in [5, 5.41) is 11.1. The number of hydrogen-bond donors (Lipinski definition) is 1. The van der Waals surface area contributed by atoms with Crippen molar-refractivity contribution in [3.8, 4) is 0 Å². The highest BCUT2D eigenvalue weighted by Crippen LogP contribution is 2.13. The lowest BCUT2D eigenvalue weighted by Crippen LogP contribution is -2.25. The van der Waals surface area contributed by atoms with Crippen molar-refractivity contribution in [3.05, 3.63) is 11.6 Å². The van der Waals surface area contributed by atoms with E-state index >= 15 is 0 Å². The van der Waals surface area contributed by atoms with Crippen molar-refractivity contribution in [1.82, 2.24) is 20.1 Å². The molecule has 0 bridgehead atoms. The number of nitrogens with one attached hydrogen (secondary N) is 1. The number of amides is 1. The van der Waals surface area contributed by atoms with Crippen molar-refractivity contribution >= 4 is 5.91 Å². The first-order valence-electron chi connectivity index (χ1n) is 5.84. The monoisotopic (exact) mass is 222 g/mol. The van der Waals surface area contributed by atoms with E-state index in [0.29, 0.717) is 18.9 Å². The van der Waals surface area contributed by atoms with E-state index in [1.165, 1.54) is 0 Å². The summed E-state index contributed by atoms with van der Waals surface area (Å²) in [6, 6.07) is 0. The van der Waals surface area contributed by atoms with Crippen LogP contribution in [0.2, 0.25) is 0 Å². The summed E-state index contributed by atoms with van der Waals surface area (Å²) in [6.45, 7) is 5.55. The second kappa shape index (κ2) is 4.63. The number of carbonyl (C=O) groups is 1. The first-order valence-corrected chi connectivity index (χ1v) is 5.84. The van der Waals surface area contributed by atoms with Gasteiger partial charge in [-0.2, -0.15) is 0 Å². The smallest absolute Gasteiger partial charge is 0.220 e. The van der Waals surface area contributed by atoms with E-state index < -0.39 is 0 Å². The van der Waals surface area contributed by atoms with Gasteiger partial charge in [0, 0.05) is 19.4 Å². The van der Waals surface area contributed by atoms with E-state index in [9.17, 15) is 4.79 Å². The topological polar surface area (TPSA) is 59.8 Å². The normalized spacial score (nSPS) is 14.2. The minimum atomic E-state index is 0.0883. The van der Waals surface area contributed by atoms with Crippen LogP contribution in [0.25, 0.3) is 0 Å². The number of carbonyl (C=O) groups excluding carboxylic acids is 1. The van der Waals surface area contributed by atoms with E-state index in [0.717, 1.165) is 31.0 Å². The predicted molar refractivity (Wildman–Crippen MR) is 59.6 cm³/mol. The predicted octanol–water partition coefficient (Wildman–Crippen LogP) is 0.887. The van der Waals surface area contributed by atoms with Gasteiger partial charge in [-0.1, -0.05) is 13.8 Å². The highest BCUT2D eigenvalue weighted by molar-refractivity contribution is 5.75. The van der Waals surface area contributed by atoms with Crippen LogP contribution in [0.4, 0.5) is 0 Å². The fraction of sp³-hybridized carbons (Fsp3) is 0.727. The lowest BCUT2D eigenvalue weighted by molar-refractivity contribution is -0.122. The Morgan fingerprint density at radius 2 is 2.31 bits per heavy atom. The molecule has 1 aliphatic rings. The van der Waals surface area contributed by atoms with E-state index in [1.807, 2.05) is 13.8 Å². The molecule has 2 heterocycles. The maximum absolute atomic E-state index is 11.5. The maximum Gasteiger partial charge on any atom is 0.220 e. The number of aromatic nitrogens is 3. The largest absolute Gasteiger partial charge is 0.349 e. The van der Waals surface area contributed by atoms with Crippen LogP contribution >= 0.6 is 0 Å². The Morgan fingerprint density at radius 3 is 3.06 bits per heavy atom. The highest BCUT2D eigenvalue weighted by Gasteiger charge is 2.17. The van der Waals surface area contributed by atoms with E-state index in [4.69, 9.17) is 0 Å². The maximum atomic E-state index is 11.5. The van der Waals surface area contributed by atoms with Crippen LogP contribution in [0.3, 0.4) is 0 Å². The Labute approximate surface area is 95.2 Å². The van der Waals surface area contributed by atoms with Crippen molar-refractivity contribution in [3.63, 3.8) is 0 Å². The van der Waals surface area contributed by atoms with Gasteiger partial charge in [-0.05, 0) is 12.3 Å². The average Bonchev–Trinajstić information content (AvgIpc) is 2.75. The Kier molecular flexibility index (Phi) is 3.22. The molecule has 0 aromatic carbocycles. The van der Waals surface area contributed by atoms with Gasteiger partial charge in [0.1, 0.15) is 5.82 Å². The molecule has 88 valence electrons. The third-order valence-corrected chi connectivity index (χ3v) is 2.72. The third-order valence-electron chi connectivity index (χ3n) is 2.72. The van der Waals surface area contributed by atoms with Gasteiger partial charge in [0.05, 0.1) is 6.54 Å². The number of aryl methyl sites for hydroxylation is 1. The molecule has 0 saturated carbocycles. The molecule has 0 unspecified atom stereocenters. The van der Waals surface area contributed by atoms with Gasteiger partial charge in [0.25, 0.3) is 0 Å². The molecular weight excluding hydrogens is 204 g/mol. The molecule has 1 amide bonds. The van der Waals surface area contributed by atoms with Crippen LogP contribution in [-0.2, 0) is 24.3 Å². The van der Waals surface area contributed by atoms with E-state index in [2.05, 4.69) is 20.1 Å². The number of hydrogen-bond acceptors (Lipinski definition) is 3. The fourth-order valence-corrected chi connectivity index (χ4v) is 1.96. The van der Waals surface area contributed by atoms with Crippen molar-refractivity contribution < 1.29 is 4.79 Å². The molecule has 1 aliphatic heterocycles. The zero-order chi connectivity index (χ0) is 11.5. The van der Waals surface area contributed by atoms with Gasteiger partial charge >= 0.3 is 0 Å². The molecule has 5 nitrogen and oxygen atoms in total. The van der Waals surface area contributed by atoms with Crippen LogP contribution in [-0.4, -0.2) is 20.7 Å². The molecule has 5 heteroatoms. The van der Waals surface area contributed by atoms with Crippen molar-refractivity contribution in [2.45, 2.75) is 46.2 Å². The lowest BCUT2D eigenvalue weighted by atomic mass is 10.1. The highest BCUT2D eigenvalue weighted by atomic mass is 16.1.